The van der Waals surface area contributed by atoms with E-state index in [1.54, 1.807) is 6.20 Å². The molecule has 0 fully saturated rings. The predicted octanol–water partition coefficient (Wildman–Crippen LogP) is 3.57. The Morgan fingerprint density at radius 1 is 0.957 bits per heavy atom. The molecule has 4 nitrogen and oxygen atoms in total. The molecular weight excluding hydrogens is 306 g/mol. The number of hydrogen-bond acceptors (Lipinski definition) is 4. The summed E-state index contributed by atoms with van der Waals surface area (Å²) in [5.74, 6) is -0.0492. The highest BCUT2D eigenvalue weighted by Gasteiger charge is 2.19. The van der Waals surface area contributed by atoms with Crippen LogP contribution in [0.1, 0.15) is 20.8 Å². The van der Waals surface area contributed by atoms with Crippen LogP contribution in [0, 0.1) is 0 Å². The summed E-state index contributed by atoms with van der Waals surface area (Å²) in [5.41, 5.74) is 7.84. The van der Waals surface area contributed by atoms with E-state index >= 15 is 0 Å². The summed E-state index contributed by atoms with van der Waals surface area (Å²) in [6.07, 6.45) is 1.55. The molecule has 0 aliphatic heterocycles. The number of amides is 1. The number of nitrogens with two attached hydrogens (primary N) is 1. The average Bonchev–Trinajstić information content (AvgIpc) is 3.02. The van der Waals surface area contributed by atoms with E-state index in [9.17, 15) is 4.79 Å². The minimum atomic E-state index is -0.0492. The second kappa shape index (κ2) is 7.07. The number of benzene rings is 2. The number of thiazole rings is 1. The first-order chi connectivity index (χ1) is 11.2. The lowest BCUT2D eigenvalue weighted by atomic mass is 10.1. The van der Waals surface area contributed by atoms with E-state index in [4.69, 9.17) is 5.73 Å². The fourth-order valence-electron chi connectivity index (χ4n) is 2.35. The van der Waals surface area contributed by atoms with Gasteiger partial charge in [0, 0.05) is 13.1 Å². The van der Waals surface area contributed by atoms with Crippen LogP contribution in [0.3, 0.4) is 0 Å². The quantitative estimate of drug-likeness (QED) is 0.781. The largest absolute Gasteiger partial charge is 0.375 e. The van der Waals surface area contributed by atoms with E-state index in [2.05, 4.69) is 4.98 Å². The summed E-state index contributed by atoms with van der Waals surface area (Å²) in [5, 5.41) is 0.410. The maximum atomic E-state index is 12.8. The van der Waals surface area contributed by atoms with Crippen molar-refractivity contribution in [1.29, 1.82) is 0 Å². The van der Waals surface area contributed by atoms with Crippen molar-refractivity contribution in [2.45, 2.75) is 13.1 Å². The van der Waals surface area contributed by atoms with Crippen molar-refractivity contribution >= 4 is 22.4 Å². The number of rotatable bonds is 5. The van der Waals surface area contributed by atoms with Gasteiger partial charge in [-0.25, -0.2) is 4.98 Å². The Bertz CT molecular complexity index is 730. The molecule has 3 aromatic rings. The van der Waals surface area contributed by atoms with Gasteiger partial charge >= 0.3 is 0 Å². The molecule has 0 aliphatic carbocycles. The Morgan fingerprint density at radius 3 is 1.91 bits per heavy atom. The highest BCUT2D eigenvalue weighted by molar-refractivity contribution is 7.17. The van der Waals surface area contributed by atoms with E-state index < -0.39 is 0 Å². The first kappa shape index (κ1) is 15.2. The summed E-state index contributed by atoms with van der Waals surface area (Å²) in [7, 11) is 0. The van der Waals surface area contributed by atoms with Crippen LogP contribution >= 0.6 is 11.3 Å². The topological polar surface area (TPSA) is 59.2 Å². The van der Waals surface area contributed by atoms with E-state index in [1.165, 1.54) is 11.3 Å². The third kappa shape index (κ3) is 3.96. The van der Waals surface area contributed by atoms with Crippen molar-refractivity contribution in [3.05, 3.63) is 82.9 Å². The zero-order chi connectivity index (χ0) is 16.1. The van der Waals surface area contributed by atoms with E-state index in [-0.39, 0.29) is 5.91 Å². The van der Waals surface area contributed by atoms with Crippen LogP contribution < -0.4 is 5.73 Å². The van der Waals surface area contributed by atoms with Gasteiger partial charge in [0.15, 0.2) is 5.13 Å². The van der Waals surface area contributed by atoms with E-state index in [0.717, 1.165) is 11.1 Å². The molecule has 0 atom stereocenters. The third-order valence-corrected chi connectivity index (χ3v) is 4.27. The summed E-state index contributed by atoms with van der Waals surface area (Å²) < 4.78 is 0. The van der Waals surface area contributed by atoms with Gasteiger partial charge in [0.2, 0.25) is 0 Å². The van der Waals surface area contributed by atoms with Crippen molar-refractivity contribution in [3.8, 4) is 0 Å². The zero-order valence-corrected chi connectivity index (χ0v) is 13.4. The van der Waals surface area contributed by atoms with Crippen molar-refractivity contribution in [3.63, 3.8) is 0 Å². The second-order valence-electron chi connectivity index (χ2n) is 5.20. The number of carbonyl (C=O) groups excluding carboxylic acids is 1. The minimum absolute atomic E-state index is 0.0492. The van der Waals surface area contributed by atoms with Gasteiger partial charge in [-0.3, -0.25) is 4.79 Å². The normalized spacial score (nSPS) is 10.4. The number of nitrogen functional groups attached to an aromatic ring is 1. The monoisotopic (exact) mass is 323 g/mol. The Balaban J connectivity index is 1.84. The van der Waals surface area contributed by atoms with Gasteiger partial charge in [0.05, 0.1) is 6.20 Å². The standard InChI is InChI=1S/C18H17N3OS/c19-18-20-11-16(23-18)17(22)21(12-14-7-3-1-4-8-14)13-15-9-5-2-6-10-15/h1-11H,12-13H2,(H2,19,20). The van der Waals surface area contributed by atoms with Gasteiger partial charge in [-0.05, 0) is 11.1 Å². The average molecular weight is 323 g/mol. The molecule has 0 spiro atoms. The number of carbonyl (C=O) groups is 1. The molecule has 1 amide bonds. The number of aromatic nitrogens is 1. The van der Waals surface area contributed by atoms with E-state index in [1.807, 2.05) is 65.6 Å². The van der Waals surface area contributed by atoms with Crippen LogP contribution in [0.15, 0.2) is 66.9 Å². The molecule has 1 aromatic heterocycles. The zero-order valence-electron chi connectivity index (χ0n) is 12.6. The fourth-order valence-corrected chi connectivity index (χ4v) is 3.00. The van der Waals surface area contributed by atoms with Gasteiger partial charge in [-0.1, -0.05) is 72.0 Å². The van der Waals surface area contributed by atoms with Crippen molar-refractivity contribution in [2.75, 3.05) is 5.73 Å². The van der Waals surface area contributed by atoms with Crippen molar-refractivity contribution < 1.29 is 4.79 Å². The fraction of sp³-hybridized carbons (Fsp3) is 0.111. The van der Waals surface area contributed by atoms with Crippen LogP contribution in [0.25, 0.3) is 0 Å². The highest BCUT2D eigenvalue weighted by Crippen LogP contribution is 2.19. The SMILES string of the molecule is Nc1ncc(C(=O)N(Cc2ccccc2)Cc2ccccc2)s1. The molecule has 0 bridgehead atoms. The Hall–Kier alpha value is -2.66. The number of anilines is 1. The molecule has 0 unspecified atom stereocenters. The molecule has 3 rings (SSSR count). The predicted molar refractivity (Wildman–Crippen MR) is 93.0 cm³/mol. The first-order valence-electron chi connectivity index (χ1n) is 7.31. The molecule has 116 valence electrons. The Labute approximate surface area is 139 Å². The van der Waals surface area contributed by atoms with Gasteiger partial charge in [-0.2, -0.15) is 0 Å². The molecule has 5 heteroatoms. The molecule has 0 radical (unpaired) electrons. The van der Waals surface area contributed by atoms with Gasteiger partial charge in [0.1, 0.15) is 4.88 Å². The summed E-state index contributed by atoms with van der Waals surface area (Å²) in [6.45, 7) is 1.10. The van der Waals surface area contributed by atoms with Crippen LogP contribution in [-0.4, -0.2) is 15.8 Å². The van der Waals surface area contributed by atoms with Crippen LogP contribution in [-0.2, 0) is 13.1 Å². The molecule has 0 aliphatic rings. The molecule has 1 heterocycles. The van der Waals surface area contributed by atoms with Crippen LogP contribution in [0.4, 0.5) is 5.13 Å². The maximum absolute atomic E-state index is 12.8. The first-order valence-corrected chi connectivity index (χ1v) is 8.12. The molecule has 2 aromatic carbocycles. The Morgan fingerprint density at radius 2 is 1.48 bits per heavy atom. The lowest BCUT2D eigenvalue weighted by molar-refractivity contribution is 0.0734. The number of nitrogens with zero attached hydrogens (tertiary/aromatic N) is 2. The lowest BCUT2D eigenvalue weighted by Crippen LogP contribution is -2.29. The molecule has 2 N–H and O–H groups in total. The highest BCUT2D eigenvalue weighted by atomic mass is 32.1. The summed E-state index contributed by atoms with van der Waals surface area (Å²) in [6, 6.07) is 19.9. The maximum Gasteiger partial charge on any atom is 0.266 e. The Kier molecular flexibility index (Phi) is 4.68. The lowest BCUT2D eigenvalue weighted by Gasteiger charge is -2.22. The smallest absolute Gasteiger partial charge is 0.266 e. The van der Waals surface area contributed by atoms with E-state index in [0.29, 0.717) is 23.1 Å². The summed E-state index contributed by atoms with van der Waals surface area (Å²) >= 11 is 1.22. The van der Waals surface area contributed by atoms with Crippen molar-refractivity contribution in [1.82, 2.24) is 9.88 Å². The number of hydrogen-bond donors (Lipinski definition) is 1. The third-order valence-electron chi connectivity index (χ3n) is 3.45. The van der Waals surface area contributed by atoms with Gasteiger partial charge < -0.3 is 10.6 Å². The minimum Gasteiger partial charge on any atom is -0.375 e. The van der Waals surface area contributed by atoms with Gasteiger partial charge in [-0.15, -0.1) is 0 Å². The van der Waals surface area contributed by atoms with Crippen molar-refractivity contribution in [2.24, 2.45) is 0 Å². The molecular formula is C18H17N3OS. The second-order valence-corrected chi connectivity index (χ2v) is 6.26. The van der Waals surface area contributed by atoms with Gasteiger partial charge in [0.25, 0.3) is 5.91 Å². The molecule has 0 saturated carbocycles. The molecule has 23 heavy (non-hydrogen) atoms. The molecule has 0 saturated heterocycles. The summed E-state index contributed by atoms with van der Waals surface area (Å²) in [4.78, 5) is 19.2. The van der Waals surface area contributed by atoms with Crippen LogP contribution in [0.5, 0.6) is 0 Å². The van der Waals surface area contributed by atoms with Crippen LogP contribution in [0.2, 0.25) is 0 Å².